The third-order valence-corrected chi connectivity index (χ3v) is 3.92. The van der Waals surface area contributed by atoms with E-state index >= 15 is 0 Å². The number of hydrogen-bond donors (Lipinski definition) is 0. The Bertz CT molecular complexity index is 695. The maximum atomic E-state index is 12.9. The van der Waals surface area contributed by atoms with Gasteiger partial charge in [0.1, 0.15) is 0 Å². The standard InChI is InChI=1S/C19H19NO/c1-13-11-15(3)18(12-14(13)2)19(21)17(9-10-20)16-7-5-4-6-8-16/h4-8,11-12,17H,9H2,1-3H3. The summed E-state index contributed by atoms with van der Waals surface area (Å²) in [6.07, 6.45) is 0.204. The average molecular weight is 277 g/mol. The number of hydrogen-bond acceptors (Lipinski definition) is 2. The van der Waals surface area contributed by atoms with Gasteiger partial charge in [-0.25, -0.2) is 0 Å². The molecule has 0 heterocycles. The summed E-state index contributed by atoms with van der Waals surface area (Å²) in [6.45, 7) is 6.00. The Kier molecular flexibility index (Phi) is 4.55. The molecule has 2 nitrogen and oxygen atoms in total. The lowest BCUT2D eigenvalue weighted by Gasteiger charge is -2.16. The summed E-state index contributed by atoms with van der Waals surface area (Å²) in [7, 11) is 0. The van der Waals surface area contributed by atoms with E-state index in [2.05, 4.69) is 6.07 Å². The van der Waals surface area contributed by atoms with Crippen molar-refractivity contribution < 1.29 is 4.79 Å². The Morgan fingerprint density at radius 3 is 2.29 bits per heavy atom. The second kappa shape index (κ2) is 6.37. The first kappa shape index (κ1) is 15.0. The van der Waals surface area contributed by atoms with Crippen LogP contribution in [-0.2, 0) is 0 Å². The minimum absolute atomic E-state index is 0.0309. The lowest BCUT2D eigenvalue weighted by Crippen LogP contribution is -2.14. The Morgan fingerprint density at radius 2 is 1.67 bits per heavy atom. The third kappa shape index (κ3) is 3.20. The molecule has 2 aromatic carbocycles. The maximum Gasteiger partial charge on any atom is 0.171 e. The summed E-state index contributed by atoms with van der Waals surface area (Å²) in [4.78, 5) is 12.9. The van der Waals surface area contributed by atoms with Crippen LogP contribution in [0.5, 0.6) is 0 Å². The van der Waals surface area contributed by atoms with Crippen LogP contribution in [0.15, 0.2) is 42.5 Å². The van der Waals surface area contributed by atoms with Crippen molar-refractivity contribution in [3.8, 4) is 6.07 Å². The molecule has 0 bridgehead atoms. The summed E-state index contributed by atoms with van der Waals surface area (Å²) in [5, 5.41) is 9.06. The molecule has 21 heavy (non-hydrogen) atoms. The van der Waals surface area contributed by atoms with Crippen LogP contribution in [0, 0.1) is 32.1 Å². The maximum absolute atomic E-state index is 12.9. The van der Waals surface area contributed by atoms with Crippen LogP contribution in [0.4, 0.5) is 0 Å². The summed E-state index contributed by atoms with van der Waals surface area (Å²) in [5.41, 5.74) is 4.89. The highest BCUT2D eigenvalue weighted by atomic mass is 16.1. The number of aryl methyl sites for hydroxylation is 3. The predicted octanol–water partition coefficient (Wildman–Crippen LogP) is 4.49. The van der Waals surface area contributed by atoms with Gasteiger partial charge in [-0.15, -0.1) is 0 Å². The molecule has 0 aromatic heterocycles. The lowest BCUT2D eigenvalue weighted by molar-refractivity contribution is 0.0960. The molecule has 0 fully saturated rings. The Morgan fingerprint density at radius 1 is 1.05 bits per heavy atom. The predicted molar refractivity (Wildman–Crippen MR) is 84.4 cm³/mol. The highest BCUT2D eigenvalue weighted by molar-refractivity contribution is 6.02. The van der Waals surface area contributed by atoms with Crippen LogP contribution >= 0.6 is 0 Å². The van der Waals surface area contributed by atoms with Gasteiger partial charge < -0.3 is 0 Å². The second-order valence-electron chi connectivity index (χ2n) is 5.44. The Hall–Kier alpha value is -2.40. The topological polar surface area (TPSA) is 40.9 Å². The van der Waals surface area contributed by atoms with Crippen LogP contribution < -0.4 is 0 Å². The number of rotatable bonds is 4. The zero-order valence-corrected chi connectivity index (χ0v) is 12.7. The molecule has 0 aliphatic heterocycles. The van der Waals surface area contributed by atoms with E-state index < -0.39 is 5.92 Å². The molecule has 0 spiro atoms. The summed E-state index contributed by atoms with van der Waals surface area (Å²) in [5.74, 6) is -0.361. The highest BCUT2D eigenvalue weighted by Gasteiger charge is 2.23. The smallest absolute Gasteiger partial charge is 0.171 e. The van der Waals surface area contributed by atoms with E-state index in [-0.39, 0.29) is 12.2 Å². The monoisotopic (exact) mass is 277 g/mol. The summed E-state index contributed by atoms with van der Waals surface area (Å²) < 4.78 is 0. The molecule has 0 radical (unpaired) electrons. The van der Waals surface area contributed by atoms with Gasteiger partial charge in [-0.1, -0.05) is 36.4 Å². The molecular weight excluding hydrogens is 258 g/mol. The van der Waals surface area contributed by atoms with Gasteiger partial charge in [0.25, 0.3) is 0 Å². The number of nitriles is 1. The van der Waals surface area contributed by atoms with Crippen molar-refractivity contribution in [3.05, 3.63) is 70.3 Å². The summed E-state index contributed by atoms with van der Waals surface area (Å²) >= 11 is 0. The fourth-order valence-corrected chi connectivity index (χ4v) is 2.55. The van der Waals surface area contributed by atoms with E-state index in [4.69, 9.17) is 5.26 Å². The molecule has 0 saturated carbocycles. The molecule has 0 aliphatic rings. The van der Waals surface area contributed by atoms with Crippen LogP contribution in [0.25, 0.3) is 0 Å². The van der Waals surface area contributed by atoms with E-state index in [1.54, 1.807) is 0 Å². The van der Waals surface area contributed by atoms with E-state index in [1.165, 1.54) is 5.56 Å². The number of nitrogens with zero attached hydrogens (tertiary/aromatic N) is 1. The number of carbonyl (C=O) groups is 1. The highest BCUT2D eigenvalue weighted by Crippen LogP contribution is 2.27. The molecule has 1 unspecified atom stereocenters. The molecule has 106 valence electrons. The van der Waals surface area contributed by atoms with Crippen molar-refractivity contribution in [2.75, 3.05) is 0 Å². The minimum atomic E-state index is -0.392. The quantitative estimate of drug-likeness (QED) is 0.772. The van der Waals surface area contributed by atoms with E-state index in [1.807, 2.05) is 63.2 Å². The van der Waals surface area contributed by atoms with E-state index in [0.29, 0.717) is 0 Å². The van der Waals surface area contributed by atoms with Gasteiger partial charge in [0.05, 0.1) is 12.0 Å². The van der Waals surface area contributed by atoms with Crippen molar-refractivity contribution in [1.29, 1.82) is 5.26 Å². The van der Waals surface area contributed by atoms with Crippen LogP contribution in [0.1, 0.15) is 45.0 Å². The van der Waals surface area contributed by atoms with Gasteiger partial charge in [0.15, 0.2) is 5.78 Å². The van der Waals surface area contributed by atoms with Gasteiger partial charge in [-0.3, -0.25) is 4.79 Å². The molecule has 2 heteroatoms. The Balaban J connectivity index is 2.45. The van der Waals surface area contributed by atoms with Crippen molar-refractivity contribution in [1.82, 2.24) is 0 Å². The SMILES string of the molecule is Cc1cc(C)c(C(=O)C(CC#N)c2ccccc2)cc1C. The zero-order chi connectivity index (χ0) is 15.4. The van der Waals surface area contributed by atoms with Gasteiger partial charge in [0, 0.05) is 12.0 Å². The molecule has 0 aliphatic carbocycles. The van der Waals surface area contributed by atoms with Crippen molar-refractivity contribution in [2.45, 2.75) is 33.1 Å². The fourth-order valence-electron chi connectivity index (χ4n) is 2.55. The summed E-state index contributed by atoms with van der Waals surface area (Å²) in [6, 6.07) is 15.7. The molecular formula is C19H19NO. The number of benzene rings is 2. The number of Topliss-reactive ketones (excluding diaryl/α,β-unsaturated/α-hetero) is 1. The third-order valence-electron chi connectivity index (χ3n) is 3.92. The molecule has 1 atom stereocenters. The van der Waals surface area contributed by atoms with E-state index in [0.717, 1.165) is 22.3 Å². The molecule has 0 N–H and O–H groups in total. The largest absolute Gasteiger partial charge is 0.293 e. The first-order valence-corrected chi connectivity index (χ1v) is 7.08. The molecule has 2 rings (SSSR count). The first-order valence-electron chi connectivity index (χ1n) is 7.08. The average Bonchev–Trinajstić information content (AvgIpc) is 2.49. The minimum Gasteiger partial charge on any atom is -0.293 e. The molecule has 0 amide bonds. The van der Waals surface area contributed by atoms with E-state index in [9.17, 15) is 4.79 Å². The number of ketones is 1. The van der Waals surface area contributed by atoms with Crippen LogP contribution in [0.2, 0.25) is 0 Å². The van der Waals surface area contributed by atoms with Crippen molar-refractivity contribution in [2.24, 2.45) is 0 Å². The van der Waals surface area contributed by atoms with Gasteiger partial charge in [0.2, 0.25) is 0 Å². The first-order chi connectivity index (χ1) is 10.0. The number of carbonyl (C=O) groups excluding carboxylic acids is 1. The van der Waals surface area contributed by atoms with Gasteiger partial charge in [-0.05, 0) is 49.1 Å². The van der Waals surface area contributed by atoms with Gasteiger partial charge in [-0.2, -0.15) is 5.26 Å². The fraction of sp³-hybridized carbons (Fsp3) is 0.263. The Labute approximate surface area is 126 Å². The zero-order valence-electron chi connectivity index (χ0n) is 12.7. The normalized spacial score (nSPS) is 11.7. The van der Waals surface area contributed by atoms with Crippen LogP contribution in [-0.4, -0.2) is 5.78 Å². The molecule has 2 aromatic rings. The van der Waals surface area contributed by atoms with Crippen LogP contribution in [0.3, 0.4) is 0 Å². The van der Waals surface area contributed by atoms with Crippen molar-refractivity contribution in [3.63, 3.8) is 0 Å². The van der Waals surface area contributed by atoms with Gasteiger partial charge >= 0.3 is 0 Å². The lowest BCUT2D eigenvalue weighted by atomic mass is 9.86. The van der Waals surface area contributed by atoms with Crippen molar-refractivity contribution >= 4 is 5.78 Å². The molecule has 0 saturated heterocycles. The second-order valence-corrected chi connectivity index (χ2v) is 5.44.